The van der Waals surface area contributed by atoms with Gasteiger partial charge in [-0.2, -0.15) is 0 Å². The van der Waals surface area contributed by atoms with Crippen molar-refractivity contribution in [3.63, 3.8) is 0 Å². The van der Waals surface area contributed by atoms with Gasteiger partial charge in [-0.05, 0) is 18.9 Å². The van der Waals surface area contributed by atoms with E-state index < -0.39 is 4.92 Å². The smallest absolute Gasteiger partial charge is 0.271 e. The summed E-state index contributed by atoms with van der Waals surface area (Å²) in [6.45, 7) is 2.26. The number of nitrogens with two attached hydrogens (primary N) is 1. The summed E-state index contributed by atoms with van der Waals surface area (Å²) in [4.78, 5) is 32.2. The first-order valence-corrected chi connectivity index (χ1v) is 7.95. The molecule has 1 saturated heterocycles. The van der Waals surface area contributed by atoms with Crippen molar-refractivity contribution in [2.45, 2.75) is 12.8 Å². The van der Waals surface area contributed by atoms with Crippen LogP contribution in [0.15, 0.2) is 18.2 Å². The van der Waals surface area contributed by atoms with Crippen LogP contribution in [0.1, 0.15) is 12.8 Å². The molecule has 2 heterocycles. The van der Waals surface area contributed by atoms with Crippen molar-refractivity contribution in [3.8, 4) is 0 Å². The van der Waals surface area contributed by atoms with Gasteiger partial charge in [-0.3, -0.25) is 14.9 Å². The Balaban J connectivity index is 1.76. The molecule has 1 aromatic heterocycles. The third kappa shape index (κ3) is 3.30. The van der Waals surface area contributed by atoms with Gasteiger partial charge in [-0.15, -0.1) is 0 Å². The Bertz CT molecular complexity index is 759. The topological polar surface area (TPSA) is 130 Å². The van der Waals surface area contributed by atoms with E-state index in [2.05, 4.69) is 15.3 Å². The van der Waals surface area contributed by atoms with Crippen molar-refractivity contribution in [2.24, 2.45) is 11.7 Å². The number of aromatic amines is 1. The number of benzene rings is 1. The number of nitro groups is 1. The molecular weight excluding hydrogens is 312 g/mol. The van der Waals surface area contributed by atoms with Crippen LogP contribution in [-0.4, -0.2) is 47.0 Å². The van der Waals surface area contributed by atoms with Crippen LogP contribution in [0.3, 0.4) is 0 Å². The third-order valence-electron chi connectivity index (χ3n) is 4.20. The standard InChI is InChI=1S/C15H20N6O3/c16-5-6-17-14(22)10-2-1-7-20(9-10)15-18-12-4-3-11(21(23)24)8-13(12)19-15/h3-4,8,10H,1-2,5-7,9,16H2,(H,17,22)(H,18,19). The fraction of sp³-hybridized carbons (Fsp3) is 0.467. The van der Waals surface area contributed by atoms with Gasteiger partial charge in [-0.1, -0.05) is 0 Å². The molecule has 1 aliphatic rings. The molecule has 1 atom stereocenters. The largest absolute Gasteiger partial charge is 0.355 e. The molecule has 1 amide bonds. The number of carbonyl (C=O) groups excluding carboxylic acids is 1. The molecule has 128 valence electrons. The molecule has 9 heteroatoms. The molecule has 2 aromatic rings. The van der Waals surface area contributed by atoms with Crippen molar-refractivity contribution in [1.82, 2.24) is 15.3 Å². The molecule has 0 saturated carbocycles. The van der Waals surface area contributed by atoms with Crippen LogP contribution in [0.4, 0.5) is 11.6 Å². The van der Waals surface area contributed by atoms with Gasteiger partial charge in [0.2, 0.25) is 11.9 Å². The van der Waals surface area contributed by atoms with E-state index >= 15 is 0 Å². The van der Waals surface area contributed by atoms with E-state index in [9.17, 15) is 14.9 Å². The zero-order chi connectivity index (χ0) is 17.1. The number of aromatic nitrogens is 2. The number of nitro benzene ring substituents is 1. The molecule has 4 N–H and O–H groups in total. The summed E-state index contributed by atoms with van der Waals surface area (Å²) in [7, 11) is 0. The second-order valence-corrected chi connectivity index (χ2v) is 5.88. The molecule has 1 aromatic carbocycles. The molecule has 0 radical (unpaired) electrons. The lowest BCUT2D eigenvalue weighted by Crippen LogP contribution is -2.44. The molecule has 1 aliphatic heterocycles. The summed E-state index contributed by atoms with van der Waals surface area (Å²) in [5.74, 6) is 0.548. The highest BCUT2D eigenvalue weighted by Crippen LogP contribution is 2.25. The van der Waals surface area contributed by atoms with Crippen LogP contribution in [0.5, 0.6) is 0 Å². The number of fused-ring (bicyclic) bond motifs is 1. The summed E-state index contributed by atoms with van der Waals surface area (Å²) in [6.07, 6.45) is 1.72. The number of imidazole rings is 1. The summed E-state index contributed by atoms with van der Waals surface area (Å²) >= 11 is 0. The van der Waals surface area contributed by atoms with Gasteiger partial charge in [0, 0.05) is 38.3 Å². The molecule has 1 fully saturated rings. The first-order chi connectivity index (χ1) is 11.6. The fourth-order valence-corrected chi connectivity index (χ4v) is 2.97. The fourth-order valence-electron chi connectivity index (χ4n) is 2.97. The highest BCUT2D eigenvalue weighted by atomic mass is 16.6. The first-order valence-electron chi connectivity index (χ1n) is 7.95. The number of rotatable bonds is 5. The third-order valence-corrected chi connectivity index (χ3v) is 4.20. The Morgan fingerprint density at radius 3 is 3.12 bits per heavy atom. The van der Waals surface area contributed by atoms with E-state index in [0.29, 0.717) is 36.6 Å². The van der Waals surface area contributed by atoms with Crippen LogP contribution in [0.25, 0.3) is 11.0 Å². The molecule has 0 spiro atoms. The van der Waals surface area contributed by atoms with Crippen LogP contribution in [0, 0.1) is 16.0 Å². The molecule has 0 aliphatic carbocycles. The average Bonchev–Trinajstić information content (AvgIpc) is 3.03. The van der Waals surface area contributed by atoms with Crippen molar-refractivity contribution >= 4 is 28.6 Å². The number of hydrogen-bond donors (Lipinski definition) is 3. The summed E-state index contributed by atoms with van der Waals surface area (Å²) in [5, 5.41) is 13.7. The molecule has 3 rings (SSSR count). The lowest BCUT2D eigenvalue weighted by Gasteiger charge is -2.31. The van der Waals surface area contributed by atoms with Crippen molar-refractivity contribution < 1.29 is 9.72 Å². The van der Waals surface area contributed by atoms with Crippen LogP contribution < -0.4 is 16.0 Å². The number of carbonyl (C=O) groups is 1. The van der Waals surface area contributed by atoms with Crippen molar-refractivity contribution in [2.75, 3.05) is 31.1 Å². The molecule has 0 bridgehead atoms. The van der Waals surface area contributed by atoms with E-state index in [-0.39, 0.29) is 17.5 Å². The Kier molecular flexibility index (Phi) is 4.61. The summed E-state index contributed by atoms with van der Waals surface area (Å²) < 4.78 is 0. The second kappa shape index (κ2) is 6.83. The van der Waals surface area contributed by atoms with Gasteiger partial charge in [0.25, 0.3) is 5.69 Å². The summed E-state index contributed by atoms with van der Waals surface area (Å²) in [6, 6.07) is 4.54. The van der Waals surface area contributed by atoms with E-state index in [1.54, 1.807) is 6.07 Å². The second-order valence-electron chi connectivity index (χ2n) is 5.88. The molecule has 1 unspecified atom stereocenters. The zero-order valence-electron chi connectivity index (χ0n) is 13.2. The highest BCUT2D eigenvalue weighted by molar-refractivity contribution is 5.81. The Morgan fingerprint density at radius 1 is 1.54 bits per heavy atom. The SMILES string of the molecule is NCCNC(=O)C1CCCN(c2nc3ccc([N+](=O)[O-])cc3[nH]2)C1. The van der Waals surface area contributed by atoms with E-state index in [1.807, 2.05) is 4.90 Å². The minimum absolute atomic E-state index is 0.0110. The number of H-pyrrole nitrogens is 1. The van der Waals surface area contributed by atoms with Gasteiger partial charge in [0.1, 0.15) is 0 Å². The van der Waals surface area contributed by atoms with Crippen LogP contribution >= 0.6 is 0 Å². The molecular formula is C15H20N6O3. The average molecular weight is 332 g/mol. The van der Waals surface area contributed by atoms with E-state index in [0.717, 1.165) is 19.4 Å². The van der Waals surface area contributed by atoms with Gasteiger partial charge in [0.05, 0.1) is 21.9 Å². The Morgan fingerprint density at radius 2 is 2.38 bits per heavy atom. The lowest BCUT2D eigenvalue weighted by atomic mass is 9.97. The molecule has 9 nitrogen and oxygen atoms in total. The Labute approximate surface area is 138 Å². The van der Waals surface area contributed by atoms with Gasteiger partial charge in [-0.25, -0.2) is 4.98 Å². The van der Waals surface area contributed by atoms with Gasteiger partial charge in [0.15, 0.2) is 0 Å². The quantitative estimate of drug-likeness (QED) is 0.547. The van der Waals surface area contributed by atoms with E-state index in [4.69, 9.17) is 5.73 Å². The predicted molar refractivity (Wildman–Crippen MR) is 89.7 cm³/mol. The van der Waals surface area contributed by atoms with E-state index in [1.165, 1.54) is 12.1 Å². The van der Waals surface area contributed by atoms with Crippen LogP contribution in [-0.2, 0) is 4.79 Å². The monoisotopic (exact) mass is 332 g/mol. The minimum atomic E-state index is -0.432. The Hall–Kier alpha value is -2.68. The number of piperidine rings is 1. The van der Waals surface area contributed by atoms with Crippen molar-refractivity contribution in [3.05, 3.63) is 28.3 Å². The van der Waals surface area contributed by atoms with Crippen molar-refractivity contribution in [1.29, 1.82) is 0 Å². The maximum Gasteiger partial charge on any atom is 0.271 e. The highest BCUT2D eigenvalue weighted by Gasteiger charge is 2.27. The maximum atomic E-state index is 12.1. The number of nitrogens with one attached hydrogen (secondary N) is 2. The van der Waals surface area contributed by atoms with Gasteiger partial charge < -0.3 is 20.9 Å². The normalized spacial score (nSPS) is 17.9. The maximum absolute atomic E-state index is 12.1. The first kappa shape index (κ1) is 16.2. The number of amides is 1. The number of hydrogen-bond acceptors (Lipinski definition) is 6. The van der Waals surface area contributed by atoms with Gasteiger partial charge >= 0.3 is 0 Å². The molecule has 24 heavy (non-hydrogen) atoms. The lowest BCUT2D eigenvalue weighted by molar-refractivity contribution is -0.384. The zero-order valence-corrected chi connectivity index (χ0v) is 13.2. The predicted octanol–water partition coefficient (Wildman–Crippen LogP) is 0.762. The minimum Gasteiger partial charge on any atom is -0.355 e. The number of anilines is 1. The van der Waals surface area contributed by atoms with Crippen LogP contribution in [0.2, 0.25) is 0 Å². The number of nitrogens with zero attached hydrogens (tertiary/aromatic N) is 3. The summed E-state index contributed by atoms with van der Waals surface area (Å²) in [5.41, 5.74) is 6.73. The number of non-ortho nitro benzene ring substituents is 1.